The lowest BCUT2D eigenvalue weighted by Crippen LogP contribution is -2.41. The fourth-order valence-electron chi connectivity index (χ4n) is 6.20. The van der Waals surface area contributed by atoms with Gasteiger partial charge in [-0.2, -0.15) is 0 Å². The lowest BCUT2D eigenvalue weighted by molar-refractivity contribution is 0.00578. The van der Waals surface area contributed by atoms with E-state index < -0.39 is 24.4 Å². The summed E-state index contributed by atoms with van der Waals surface area (Å²) in [4.78, 5) is 15.5. The number of benzene rings is 3. The molecule has 2 aliphatic heterocycles. The lowest BCUT2D eigenvalue weighted by atomic mass is 9.77. The highest BCUT2D eigenvalue weighted by Gasteiger charge is 2.52. The van der Waals surface area contributed by atoms with Crippen molar-refractivity contribution in [3.63, 3.8) is 0 Å². The van der Waals surface area contributed by atoms with Gasteiger partial charge in [-0.25, -0.2) is 4.79 Å². The molecule has 3 aromatic rings. The molecular formula is C35H41BN2O4. The monoisotopic (exact) mass is 564 g/mol. The number of amides is 1. The van der Waals surface area contributed by atoms with Crippen molar-refractivity contribution in [3.8, 4) is 11.1 Å². The Labute approximate surface area is 250 Å². The SMILES string of the molecule is CC1(C)OB(C(=Cc2cccc(N3CCCCC3)c2)CNC(=O)OCC2c3ccccc3-c3ccccc32)OC1(C)C. The van der Waals surface area contributed by atoms with Crippen LogP contribution in [0.15, 0.2) is 78.3 Å². The number of alkyl carbamates (subject to hydrolysis) is 1. The number of nitrogens with one attached hydrogen (secondary N) is 1. The van der Waals surface area contributed by atoms with E-state index in [-0.39, 0.29) is 19.1 Å². The van der Waals surface area contributed by atoms with Crippen LogP contribution < -0.4 is 10.2 Å². The molecule has 1 N–H and O–H groups in total. The van der Waals surface area contributed by atoms with E-state index in [1.807, 2.05) is 39.8 Å². The molecule has 7 heteroatoms. The summed E-state index contributed by atoms with van der Waals surface area (Å²) in [5.41, 5.74) is 6.94. The minimum absolute atomic E-state index is 0.0128. The minimum atomic E-state index is -0.581. The van der Waals surface area contributed by atoms with E-state index in [0.717, 1.165) is 24.1 Å². The molecule has 42 heavy (non-hydrogen) atoms. The van der Waals surface area contributed by atoms with E-state index in [4.69, 9.17) is 14.0 Å². The molecule has 1 amide bonds. The molecule has 0 atom stereocenters. The Bertz CT molecular complexity index is 1420. The summed E-state index contributed by atoms with van der Waals surface area (Å²) >= 11 is 0. The van der Waals surface area contributed by atoms with Gasteiger partial charge >= 0.3 is 13.2 Å². The predicted molar refractivity (Wildman–Crippen MR) is 170 cm³/mol. The molecule has 6 nitrogen and oxygen atoms in total. The number of hydrogen-bond acceptors (Lipinski definition) is 5. The minimum Gasteiger partial charge on any atom is -0.449 e. The summed E-state index contributed by atoms with van der Waals surface area (Å²) in [6, 6.07) is 25.3. The van der Waals surface area contributed by atoms with Gasteiger partial charge in [0, 0.05) is 31.2 Å². The Morgan fingerprint density at radius 1 is 0.905 bits per heavy atom. The molecule has 0 spiro atoms. The number of hydrogen-bond donors (Lipinski definition) is 1. The normalized spacial score (nSPS) is 19.4. The molecule has 3 aromatic carbocycles. The van der Waals surface area contributed by atoms with Crippen molar-refractivity contribution >= 4 is 25.0 Å². The smallest absolute Gasteiger partial charge is 0.449 e. The van der Waals surface area contributed by atoms with E-state index in [1.165, 1.54) is 47.2 Å². The van der Waals surface area contributed by atoms with Crippen LogP contribution in [0.25, 0.3) is 17.2 Å². The van der Waals surface area contributed by atoms with Crippen LogP contribution in [0.2, 0.25) is 0 Å². The van der Waals surface area contributed by atoms with Crippen molar-refractivity contribution in [3.05, 3.63) is 95.0 Å². The van der Waals surface area contributed by atoms with Crippen molar-refractivity contribution in [1.29, 1.82) is 0 Å². The zero-order chi connectivity index (χ0) is 29.3. The van der Waals surface area contributed by atoms with Gasteiger partial charge in [-0.1, -0.05) is 66.7 Å². The zero-order valence-corrected chi connectivity index (χ0v) is 25.2. The average Bonchev–Trinajstić information content (AvgIpc) is 3.43. The van der Waals surface area contributed by atoms with Crippen LogP contribution in [0.5, 0.6) is 0 Å². The maximum absolute atomic E-state index is 13.1. The number of carbonyl (C=O) groups is 1. The first-order chi connectivity index (χ1) is 20.2. The van der Waals surface area contributed by atoms with Gasteiger partial charge in [-0.15, -0.1) is 0 Å². The summed E-state index contributed by atoms with van der Waals surface area (Å²) in [5, 5.41) is 2.98. The van der Waals surface area contributed by atoms with Crippen molar-refractivity contribution in [2.75, 3.05) is 31.1 Å². The highest BCUT2D eigenvalue weighted by molar-refractivity contribution is 6.56. The molecule has 218 valence electrons. The van der Waals surface area contributed by atoms with E-state index in [0.29, 0.717) is 0 Å². The van der Waals surface area contributed by atoms with Crippen LogP contribution in [-0.4, -0.2) is 50.7 Å². The fraction of sp³-hybridized carbons (Fsp3) is 0.400. The van der Waals surface area contributed by atoms with E-state index in [2.05, 4.69) is 77.0 Å². The summed E-state index contributed by atoms with van der Waals surface area (Å²) in [6.07, 6.45) is 5.37. The molecule has 6 rings (SSSR count). The van der Waals surface area contributed by atoms with Gasteiger partial charge in [0.2, 0.25) is 0 Å². The lowest BCUT2D eigenvalue weighted by Gasteiger charge is -2.32. The van der Waals surface area contributed by atoms with Crippen LogP contribution >= 0.6 is 0 Å². The first-order valence-electron chi connectivity index (χ1n) is 15.2. The molecule has 2 saturated heterocycles. The number of nitrogens with zero attached hydrogens (tertiary/aromatic N) is 1. The van der Waals surface area contributed by atoms with Crippen LogP contribution in [0.1, 0.15) is 69.6 Å². The highest BCUT2D eigenvalue weighted by atomic mass is 16.7. The number of anilines is 1. The molecular weight excluding hydrogens is 523 g/mol. The van der Waals surface area contributed by atoms with Crippen LogP contribution in [-0.2, 0) is 14.0 Å². The molecule has 0 saturated carbocycles. The van der Waals surface area contributed by atoms with E-state index >= 15 is 0 Å². The van der Waals surface area contributed by atoms with Crippen molar-refractivity contribution in [2.45, 2.75) is 64.1 Å². The number of rotatable bonds is 7. The maximum Gasteiger partial charge on any atom is 0.492 e. The molecule has 0 unspecified atom stereocenters. The summed E-state index contributed by atoms with van der Waals surface area (Å²) in [6.45, 7) is 10.9. The van der Waals surface area contributed by atoms with Gasteiger partial charge in [-0.3, -0.25) is 0 Å². The second kappa shape index (κ2) is 11.6. The summed E-state index contributed by atoms with van der Waals surface area (Å²) < 4.78 is 18.6. The zero-order valence-electron chi connectivity index (χ0n) is 25.2. The summed E-state index contributed by atoms with van der Waals surface area (Å²) in [5.74, 6) is 0.0128. The highest BCUT2D eigenvalue weighted by Crippen LogP contribution is 2.44. The van der Waals surface area contributed by atoms with Gasteiger partial charge in [0.25, 0.3) is 0 Å². The third kappa shape index (κ3) is 5.73. The number of fused-ring (bicyclic) bond motifs is 3. The molecule has 2 heterocycles. The first kappa shape index (κ1) is 28.6. The first-order valence-corrected chi connectivity index (χ1v) is 15.2. The van der Waals surface area contributed by atoms with E-state index in [9.17, 15) is 4.79 Å². The predicted octanol–water partition coefficient (Wildman–Crippen LogP) is 7.23. The molecule has 0 bridgehead atoms. The fourth-order valence-corrected chi connectivity index (χ4v) is 6.20. The Hall–Kier alpha value is -3.55. The molecule has 0 radical (unpaired) electrons. The number of ether oxygens (including phenoxy) is 1. The van der Waals surface area contributed by atoms with Crippen molar-refractivity contribution in [1.82, 2.24) is 5.32 Å². The van der Waals surface area contributed by atoms with Crippen molar-refractivity contribution in [2.24, 2.45) is 0 Å². The van der Waals surface area contributed by atoms with Crippen LogP contribution in [0.4, 0.5) is 10.5 Å². The molecule has 1 aliphatic carbocycles. The number of piperidine rings is 1. The van der Waals surface area contributed by atoms with Gasteiger partial charge in [0.1, 0.15) is 6.61 Å². The second-order valence-corrected chi connectivity index (χ2v) is 12.6. The molecule has 2 fully saturated rings. The largest absolute Gasteiger partial charge is 0.492 e. The maximum atomic E-state index is 13.1. The van der Waals surface area contributed by atoms with Gasteiger partial charge in [0.05, 0.1) is 11.2 Å². The topological polar surface area (TPSA) is 60.0 Å². The standard InChI is InChI=1S/C35H41BN2O4/c1-34(2)35(3,4)42-36(41-34)26(21-25-13-12-14-27(22-25)38-19-10-5-11-20-38)23-37-33(39)40-24-32-30-17-8-6-15-28(30)29-16-7-9-18-31(29)32/h6-9,12-18,21-22,32H,5,10-11,19-20,23-24H2,1-4H3,(H,37,39). The Morgan fingerprint density at radius 2 is 1.52 bits per heavy atom. The van der Waals surface area contributed by atoms with Gasteiger partial charge in [0.15, 0.2) is 0 Å². The van der Waals surface area contributed by atoms with Crippen molar-refractivity contribution < 1.29 is 18.8 Å². The summed E-state index contributed by atoms with van der Waals surface area (Å²) in [7, 11) is -0.581. The number of carbonyl (C=O) groups excluding carboxylic acids is 1. The van der Waals surface area contributed by atoms with Gasteiger partial charge < -0.3 is 24.3 Å². The molecule has 3 aliphatic rings. The quantitative estimate of drug-likeness (QED) is 0.307. The molecule has 0 aromatic heterocycles. The van der Waals surface area contributed by atoms with Gasteiger partial charge in [-0.05, 0) is 92.4 Å². The third-order valence-corrected chi connectivity index (χ3v) is 9.28. The average molecular weight is 565 g/mol. The second-order valence-electron chi connectivity index (χ2n) is 12.6. The Kier molecular flexibility index (Phi) is 7.90. The Morgan fingerprint density at radius 3 is 2.17 bits per heavy atom. The van der Waals surface area contributed by atoms with Crippen LogP contribution in [0.3, 0.4) is 0 Å². The third-order valence-electron chi connectivity index (χ3n) is 9.28. The Balaban J connectivity index is 1.17. The van der Waals surface area contributed by atoms with Crippen LogP contribution in [0, 0.1) is 0 Å². The van der Waals surface area contributed by atoms with E-state index in [1.54, 1.807) is 0 Å².